The van der Waals surface area contributed by atoms with Crippen molar-refractivity contribution >= 4 is 11.9 Å². The van der Waals surface area contributed by atoms with Gasteiger partial charge in [0, 0.05) is 5.70 Å². The fourth-order valence-electron chi connectivity index (χ4n) is 1.02. The number of nitrogens with one attached hydrogen (secondary N) is 1. The minimum Gasteiger partial charge on any atom is -0.328 e. The first-order valence-corrected chi connectivity index (χ1v) is 3.60. The highest BCUT2D eigenvalue weighted by Crippen LogP contribution is 2.09. The minimum atomic E-state index is -0.381. The highest BCUT2D eigenvalue weighted by atomic mass is 16.2. The number of imide groups is 1. The molecule has 1 fully saturated rings. The Balaban J connectivity index is 2.92. The minimum absolute atomic E-state index is 0.0734. The zero-order valence-electron chi connectivity index (χ0n) is 6.83. The van der Waals surface area contributed by atoms with Crippen LogP contribution in [0.1, 0.15) is 6.92 Å². The molecule has 1 saturated heterocycles. The van der Waals surface area contributed by atoms with Crippen molar-refractivity contribution in [2.75, 3.05) is 6.54 Å². The summed E-state index contributed by atoms with van der Waals surface area (Å²) in [5.41, 5.74) is 0.523. The predicted molar refractivity (Wildman–Crippen MR) is 44.2 cm³/mol. The Hall–Kier alpha value is -1.58. The summed E-state index contributed by atoms with van der Waals surface area (Å²) >= 11 is 0. The van der Waals surface area contributed by atoms with E-state index < -0.39 is 0 Å². The first-order chi connectivity index (χ1) is 5.70. The van der Waals surface area contributed by atoms with Gasteiger partial charge in [-0.1, -0.05) is 12.7 Å². The van der Waals surface area contributed by atoms with Crippen molar-refractivity contribution in [1.29, 1.82) is 0 Å². The second kappa shape index (κ2) is 3.21. The molecule has 0 aromatic heterocycles. The predicted octanol–water partition coefficient (Wildman–Crippen LogP) is 0.628. The normalized spacial score (nSPS) is 18.1. The lowest BCUT2D eigenvalue weighted by molar-refractivity contribution is -0.123. The molecule has 0 unspecified atom stereocenters. The van der Waals surface area contributed by atoms with Crippen molar-refractivity contribution in [2.45, 2.75) is 6.92 Å². The van der Waals surface area contributed by atoms with Gasteiger partial charge in [-0.25, -0.2) is 9.69 Å². The lowest BCUT2D eigenvalue weighted by atomic mass is 10.3. The summed E-state index contributed by atoms with van der Waals surface area (Å²) in [7, 11) is 0. The Morgan fingerprint density at radius 1 is 1.67 bits per heavy atom. The molecule has 0 atom stereocenters. The number of carbonyl (C=O) groups is 2. The number of urea groups is 1. The van der Waals surface area contributed by atoms with E-state index in [0.717, 1.165) is 4.90 Å². The third kappa shape index (κ3) is 1.23. The van der Waals surface area contributed by atoms with Crippen molar-refractivity contribution in [1.82, 2.24) is 10.2 Å². The van der Waals surface area contributed by atoms with Crippen LogP contribution in [-0.4, -0.2) is 23.4 Å². The second-order valence-electron chi connectivity index (χ2n) is 2.31. The summed E-state index contributed by atoms with van der Waals surface area (Å²) in [4.78, 5) is 23.2. The number of hydrogen-bond donors (Lipinski definition) is 1. The summed E-state index contributed by atoms with van der Waals surface area (Å²) in [6.07, 6.45) is 3.14. The van der Waals surface area contributed by atoms with E-state index in [1.54, 1.807) is 13.0 Å². The topological polar surface area (TPSA) is 49.4 Å². The van der Waals surface area contributed by atoms with Crippen molar-refractivity contribution in [3.05, 3.63) is 24.4 Å². The highest BCUT2D eigenvalue weighted by Gasteiger charge is 2.29. The van der Waals surface area contributed by atoms with Crippen LogP contribution in [0.5, 0.6) is 0 Å². The van der Waals surface area contributed by atoms with Gasteiger partial charge in [0.25, 0.3) is 5.91 Å². The van der Waals surface area contributed by atoms with E-state index in [1.807, 2.05) is 0 Å². The molecule has 1 rings (SSSR count). The SMILES string of the molecule is C=C/C(=C\C)N1C(=O)CNC1=O. The van der Waals surface area contributed by atoms with Gasteiger partial charge >= 0.3 is 6.03 Å². The smallest absolute Gasteiger partial charge is 0.328 e. The summed E-state index contributed by atoms with van der Waals surface area (Å²) in [5.74, 6) is -0.243. The molecular formula is C8H10N2O2. The molecule has 0 bridgehead atoms. The van der Waals surface area contributed by atoms with E-state index in [-0.39, 0.29) is 18.5 Å². The van der Waals surface area contributed by atoms with Gasteiger partial charge in [-0.15, -0.1) is 0 Å². The molecule has 1 aliphatic rings. The number of rotatable bonds is 2. The number of carbonyl (C=O) groups excluding carboxylic acids is 2. The van der Waals surface area contributed by atoms with Crippen LogP contribution in [0.2, 0.25) is 0 Å². The van der Waals surface area contributed by atoms with E-state index in [2.05, 4.69) is 11.9 Å². The maximum Gasteiger partial charge on any atom is 0.329 e. The molecule has 1 N–H and O–H groups in total. The van der Waals surface area contributed by atoms with E-state index in [9.17, 15) is 9.59 Å². The molecule has 4 heteroatoms. The van der Waals surface area contributed by atoms with E-state index >= 15 is 0 Å². The number of amides is 3. The summed E-state index contributed by atoms with van der Waals surface area (Å²) in [6.45, 7) is 5.32. The lowest BCUT2D eigenvalue weighted by Crippen LogP contribution is -2.29. The van der Waals surface area contributed by atoms with Crippen LogP contribution in [0.3, 0.4) is 0 Å². The zero-order chi connectivity index (χ0) is 9.14. The fourth-order valence-corrected chi connectivity index (χ4v) is 1.02. The Bertz CT molecular complexity index is 252. The molecule has 0 aliphatic carbocycles. The van der Waals surface area contributed by atoms with Crippen molar-refractivity contribution in [3.63, 3.8) is 0 Å². The van der Waals surface area contributed by atoms with Crippen LogP contribution in [-0.2, 0) is 4.79 Å². The molecule has 64 valence electrons. The third-order valence-electron chi connectivity index (χ3n) is 1.61. The third-order valence-corrected chi connectivity index (χ3v) is 1.61. The van der Waals surface area contributed by atoms with Gasteiger partial charge in [0.1, 0.15) is 0 Å². The second-order valence-corrected chi connectivity index (χ2v) is 2.31. The molecule has 1 aliphatic heterocycles. The number of hydrogen-bond acceptors (Lipinski definition) is 2. The van der Waals surface area contributed by atoms with Crippen LogP contribution in [0.15, 0.2) is 24.4 Å². The zero-order valence-corrected chi connectivity index (χ0v) is 6.83. The maximum absolute atomic E-state index is 11.1. The van der Waals surface area contributed by atoms with Crippen molar-refractivity contribution in [2.24, 2.45) is 0 Å². The summed E-state index contributed by atoms with van der Waals surface area (Å²) in [5, 5.41) is 2.42. The van der Waals surface area contributed by atoms with E-state index in [0.29, 0.717) is 5.70 Å². The average Bonchev–Trinajstić information content (AvgIpc) is 2.38. The van der Waals surface area contributed by atoms with Crippen LogP contribution in [0, 0.1) is 0 Å². The molecular weight excluding hydrogens is 156 g/mol. The van der Waals surface area contributed by atoms with Crippen LogP contribution >= 0.6 is 0 Å². The Morgan fingerprint density at radius 2 is 2.33 bits per heavy atom. The molecule has 4 nitrogen and oxygen atoms in total. The summed E-state index contributed by atoms with van der Waals surface area (Å²) < 4.78 is 0. The van der Waals surface area contributed by atoms with Crippen molar-refractivity contribution < 1.29 is 9.59 Å². The van der Waals surface area contributed by atoms with Crippen LogP contribution < -0.4 is 5.32 Å². The molecule has 0 aromatic carbocycles. The largest absolute Gasteiger partial charge is 0.329 e. The monoisotopic (exact) mass is 166 g/mol. The lowest BCUT2D eigenvalue weighted by Gasteiger charge is -2.11. The number of allylic oxidation sites excluding steroid dienone is 2. The van der Waals surface area contributed by atoms with E-state index in [1.165, 1.54) is 6.08 Å². The molecule has 0 radical (unpaired) electrons. The van der Waals surface area contributed by atoms with Gasteiger partial charge in [-0.3, -0.25) is 4.79 Å². The van der Waals surface area contributed by atoms with E-state index in [4.69, 9.17) is 0 Å². The van der Waals surface area contributed by atoms with Gasteiger partial charge in [0.2, 0.25) is 0 Å². The Morgan fingerprint density at radius 3 is 2.67 bits per heavy atom. The van der Waals surface area contributed by atoms with Gasteiger partial charge in [0.05, 0.1) is 6.54 Å². The standard InChI is InChI=1S/C8H10N2O2/c1-3-6(4-2)10-7(11)5-9-8(10)12/h3-4H,1,5H2,2H3,(H,9,12)/b6-4+. The number of nitrogens with zero attached hydrogens (tertiary/aromatic N) is 1. The molecule has 3 amide bonds. The first kappa shape index (κ1) is 8.52. The van der Waals surface area contributed by atoms with Crippen LogP contribution in [0.4, 0.5) is 4.79 Å². The average molecular weight is 166 g/mol. The fraction of sp³-hybridized carbons (Fsp3) is 0.250. The maximum atomic E-state index is 11.1. The molecule has 0 aromatic rings. The van der Waals surface area contributed by atoms with Crippen LogP contribution in [0.25, 0.3) is 0 Å². The Labute approximate surface area is 70.5 Å². The highest BCUT2D eigenvalue weighted by molar-refractivity contribution is 6.04. The van der Waals surface area contributed by atoms with Gasteiger partial charge < -0.3 is 5.32 Å². The molecule has 1 heterocycles. The first-order valence-electron chi connectivity index (χ1n) is 3.60. The van der Waals surface area contributed by atoms with Crippen molar-refractivity contribution in [3.8, 4) is 0 Å². The van der Waals surface area contributed by atoms with Gasteiger partial charge in [-0.05, 0) is 13.0 Å². The molecule has 0 saturated carbocycles. The molecule has 0 spiro atoms. The Kier molecular flexibility index (Phi) is 2.28. The molecule has 12 heavy (non-hydrogen) atoms. The van der Waals surface area contributed by atoms with Gasteiger partial charge in [0.15, 0.2) is 0 Å². The van der Waals surface area contributed by atoms with Gasteiger partial charge in [-0.2, -0.15) is 0 Å². The quantitative estimate of drug-likeness (QED) is 0.483. The summed E-state index contributed by atoms with van der Waals surface area (Å²) in [6, 6.07) is -0.381.